The smallest absolute Gasteiger partial charge is 0.338 e. The lowest BCUT2D eigenvalue weighted by molar-refractivity contribution is 0.0602. The number of ether oxygens (including phenoxy) is 2. The maximum absolute atomic E-state index is 12.6. The summed E-state index contributed by atoms with van der Waals surface area (Å²) in [6.07, 6.45) is -0.636. The van der Waals surface area contributed by atoms with Crippen LogP contribution in [0.5, 0.6) is 11.5 Å². The van der Waals surface area contributed by atoms with Crippen LogP contribution in [-0.2, 0) is 11.2 Å². The zero-order valence-corrected chi connectivity index (χ0v) is 13.3. The maximum Gasteiger partial charge on any atom is 0.338 e. The molecule has 2 rings (SSSR count). The van der Waals surface area contributed by atoms with Crippen LogP contribution in [0.2, 0.25) is 0 Å². The summed E-state index contributed by atoms with van der Waals surface area (Å²) in [6, 6.07) is 1.23. The van der Waals surface area contributed by atoms with Gasteiger partial charge in [-0.3, -0.25) is 4.79 Å². The maximum atomic E-state index is 12.6. The molecule has 0 saturated carbocycles. The molecule has 1 heterocycles. The number of methoxy groups -OCH3 is 2. The van der Waals surface area contributed by atoms with Gasteiger partial charge in [0, 0.05) is 12.0 Å². The number of fused-ring (bicyclic) bond motifs is 1. The fourth-order valence-electron chi connectivity index (χ4n) is 2.35. The van der Waals surface area contributed by atoms with E-state index in [0.717, 1.165) is 0 Å². The predicted octanol–water partition coefficient (Wildman–Crippen LogP) is 1.53. The van der Waals surface area contributed by atoms with Crippen LogP contribution >= 0.6 is 0 Å². The Hall–Kier alpha value is -2.54. The SMILES string of the molecule is COC(=O)c1cc(OC)c(O)c2oc(C[C@@H](C)O)c(C)c(=O)c12. The third-order valence-electron chi connectivity index (χ3n) is 3.54. The Balaban J connectivity index is 2.94. The Morgan fingerprint density at radius 1 is 1.39 bits per heavy atom. The quantitative estimate of drug-likeness (QED) is 0.822. The number of rotatable bonds is 4. The summed E-state index contributed by atoms with van der Waals surface area (Å²) in [4.78, 5) is 24.6. The number of aromatic hydroxyl groups is 1. The van der Waals surface area contributed by atoms with Gasteiger partial charge >= 0.3 is 5.97 Å². The van der Waals surface area contributed by atoms with Crippen LogP contribution in [0.4, 0.5) is 0 Å². The molecule has 0 radical (unpaired) electrons. The van der Waals surface area contributed by atoms with E-state index in [4.69, 9.17) is 9.15 Å². The van der Waals surface area contributed by atoms with Crippen LogP contribution in [0.25, 0.3) is 11.0 Å². The van der Waals surface area contributed by atoms with E-state index in [9.17, 15) is 19.8 Å². The van der Waals surface area contributed by atoms with E-state index in [2.05, 4.69) is 4.74 Å². The minimum Gasteiger partial charge on any atom is -0.502 e. The molecule has 1 aromatic carbocycles. The van der Waals surface area contributed by atoms with Gasteiger partial charge in [-0.15, -0.1) is 0 Å². The summed E-state index contributed by atoms with van der Waals surface area (Å²) in [7, 11) is 2.49. The van der Waals surface area contributed by atoms with Crippen molar-refractivity contribution in [2.45, 2.75) is 26.4 Å². The van der Waals surface area contributed by atoms with Crippen molar-refractivity contribution in [2.24, 2.45) is 0 Å². The van der Waals surface area contributed by atoms with Gasteiger partial charge in [-0.05, 0) is 19.9 Å². The van der Waals surface area contributed by atoms with Gasteiger partial charge in [0.05, 0.1) is 31.3 Å². The number of esters is 1. The molecule has 1 atom stereocenters. The number of phenolic OH excluding ortho intramolecular Hbond substituents is 1. The molecule has 0 aliphatic rings. The Kier molecular flexibility index (Phi) is 4.60. The van der Waals surface area contributed by atoms with Gasteiger partial charge in [-0.25, -0.2) is 4.79 Å². The van der Waals surface area contributed by atoms with Gasteiger partial charge in [0.25, 0.3) is 0 Å². The molecule has 2 aromatic rings. The first-order valence-corrected chi connectivity index (χ1v) is 6.94. The van der Waals surface area contributed by atoms with Crippen molar-refractivity contribution in [1.82, 2.24) is 0 Å². The van der Waals surface area contributed by atoms with E-state index in [0.29, 0.717) is 0 Å². The number of benzene rings is 1. The second-order valence-electron chi connectivity index (χ2n) is 5.20. The normalized spacial score (nSPS) is 12.2. The van der Waals surface area contributed by atoms with Crippen molar-refractivity contribution in [3.63, 3.8) is 0 Å². The lowest BCUT2D eigenvalue weighted by Gasteiger charge is -2.13. The Morgan fingerprint density at radius 2 is 2.04 bits per heavy atom. The van der Waals surface area contributed by atoms with Crippen LogP contribution in [0, 0.1) is 6.92 Å². The second-order valence-corrected chi connectivity index (χ2v) is 5.20. The number of carbonyl (C=O) groups is 1. The number of hydrogen-bond acceptors (Lipinski definition) is 7. The number of carbonyl (C=O) groups excluding carboxylic acids is 1. The first-order chi connectivity index (χ1) is 10.8. The summed E-state index contributed by atoms with van der Waals surface area (Å²) >= 11 is 0. The number of phenols is 1. The molecule has 0 spiro atoms. The van der Waals surface area contributed by atoms with E-state index in [1.165, 1.54) is 27.2 Å². The molecule has 0 bridgehead atoms. The summed E-state index contributed by atoms with van der Waals surface area (Å²) in [5.74, 6) is -0.924. The predicted molar refractivity (Wildman–Crippen MR) is 82.2 cm³/mol. The fraction of sp³-hybridized carbons (Fsp3) is 0.375. The van der Waals surface area contributed by atoms with Crippen LogP contribution in [0.15, 0.2) is 15.3 Å². The largest absolute Gasteiger partial charge is 0.502 e. The number of aliphatic hydroxyl groups excluding tert-OH is 1. The minimum absolute atomic E-state index is 0.0205. The average Bonchev–Trinajstić information content (AvgIpc) is 2.51. The van der Waals surface area contributed by atoms with E-state index in [1.54, 1.807) is 6.92 Å². The lowest BCUT2D eigenvalue weighted by atomic mass is 10.0. The molecule has 0 unspecified atom stereocenters. The van der Waals surface area contributed by atoms with Crippen LogP contribution in [-0.4, -0.2) is 36.5 Å². The first-order valence-electron chi connectivity index (χ1n) is 6.94. The zero-order chi connectivity index (χ0) is 17.3. The molecule has 0 aliphatic carbocycles. The van der Waals surface area contributed by atoms with Crippen molar-refractivity contribution >= 4 is 16.9 Å². The average molecular weight is 322 g/mol. The molecule has 124 valence electrons. The van der Waals surface area contributed by atoms with Gasteiger partial charge in [0.1, 0.15) is 5.76 Å². The molecule has 7 nitrogen and oxygen atoms in total. The standard InChI is InChI=1S/C16H18O7/c1-7(17)5-10-8(2)13(18)12-9(16(20)22-4)6-11(21-3)14(19)15(12)23-10/h6-7,17,19H,5H2,1-4H3/t7-/m1/s1. The fourth-order valence-corrected chi connectivity index (χ4v) is 2.35. The van der Waals surface area contributed by atoms with Crippen molar-refractivity contribution in [3.05, 3.63) is 33.2 Å². The Bertz CT molecular complexity index is 818. The summed E-state index contributed by atoms with van der Waals surface area (Å²) < 4.78 is 15.3. The topological polar surface area (TPSA) is 106 Å². The molecule has 7 heteroatoms. The van der Waals surface area contributed by atoms with Crippen LogP contribution in [0.3, 0.4) is 0 Å². The van der Waals surface area contributed by atoms with Crippen molar-refractivity contribution in [1.29, 1.82) is 0 Å². The van der Waals surface area contributed by atoms with Crippen molar-refractivity contribution < 1.29 is 28.9 Å². The minimum atomic E-state index is -0.747. The lowest BCUT2D eigenvalue weighted by Crippen LogP contribution is -2.16. The van der Waals surface area contributed by atoms with Gasteiger partial charge in [0.2, 0.25) is 5.75 Å². The highest BCUT2D eigenvalue weighted by atomic mass is 16.5. The van der Waals surface area contributed by atoms with Crippen LogP contribution < -0.4 is 10.2 Å². The summed E-state index contributed by atoms with van der Waals surface area (Å²) in [6.45, 7) is 3.08. The summed E-state index contributed by atoms with van der Waals surface area (Å²) in [5.41, 5.74) is -0.443. The summed E-state index contributed by atoms with van der Waals surface area (Å²) in [5, 5.41) is 19.7. The molecule has 2 N–H and O–H groups in total. The molecular formula is C16H18O7. The molecular weight excluding hydrogens is 304 g/mol. The van der Waals surface area contributed by atoms with E-state index < -0.39 is 17.5 Å². The molecule has 0 fully saturated rings. The molecule has 0 amide bonds. The zero-order valence-electron chi connectivity index (χ0n) is 13.3. The third-order valence-corrected chi connectivity index (χ3v) is 3.54. The van der Waals surface area contributed by atoms with Gasteiger partial charge in [0.15, 0.2) is 16.8 Å². The van der Waals surface area contributed by atoms with Gasteiger partial charge in [-0.2, -0.15) is 0 Å². The highest BCUT2D eigenvalue weighted by molar-refractivity contribution is 6.05. The first kappa shape index (κ1) is 16.8. The number of hydrogen-bond donors (Lipinski definition) is 2. The van der Waals surface area contributed by atoms with Crippen molar-refractivity contribution in [3.8, 4) is 11.5 Å². The third kappa shape index (κ3) is 2.87. The molecule has 0 aliphatic heterocycles. The Morgan fingerprint density at radius 3 is 2.57 bits per heavy atom. The van der Waals surface area contributed by atoms with E-state index in [-0.39, 0.29) is 45.8 Å². The highest BCUT2D eigenvalue weighted by Gasteiger charge is 2.24. The van der Waals surface area contributed by atoms with E-state index in [1.807, 2.05) is 0 Å². The molecule has 23 heavy (non-hydrogen) atoms. The van der Waals surface area contributed by atoms with E-state index >= 15 is 0 Å². The molecule has 1 aromatic heterocycles. The number of aliphatic hydroxyl groups is 1. The van der Waals surface area contributed by atoms with Crippen molar-refractivity contribution in [2.75, 3.05) is 14.2 Å². The van der Waals surface area contributed by atoms with Gasteiger partial charge < -0.3 is 24.1 Å². The Labute approximate surface area is 132 Å². The second kappa shape index (κ2) is 6.29. The van der Waals surface area contributed by atoms with Gasteiger partial charge in [-0.1, -0.05) is 0 Å². The molecule has 0 saturated heterocycles. The van der Waals surface area contributed by atoms with Crippen LogP contribution in [0.1, 0.15) is 28.6 Å². The highest BCUT2D eigenvalue weighted by Crippen LogP contribution is 2.37. The monoisotopic (exact) mass is 322 g/mol.